The van der Waals surface area contributed by atoms with Gasteiger partial charge in [0.05, 0.1) is 11.2 Å². The summed E-state index contributed by atoms with van der Waals surface area (Å²) in [6, 6.07) is 13.5. The number of nitrogens with one attached hydrogen (secondary N) is 3. The smallest absolute Gasteiger partial charge is 0.157 e. The molecule has 7 nitrogen and oxygen atoms in total. The normalized spacial score (nSPS) is 14.1. The highest BCUT2D eigenvalue weighted by Gasteiger charge is 2.19. The van der Waals surface area contributed by atoms with Gasteiger partial charge in [0, 0.05) is 41.6 Å². The van der Waals surface area contributed by atoms with Gasteiger partial charge in [0.2, 0.25) is 0 Å². The highest BCUT2D eigenvalue weighted by atomic mass is 19.1. The van der Waals surface area contributed by atoms with Crippen LogP contribution in [-0.2, 0) is 6.54 Å². The topological polar surface area (TPSA) is 95.2 Å². The van der Waals surface area contributed by atoms with Crippen LogP contribution in [0, 0.1) is 17.6 Å². The molecule has 1 aliphatic carbocycles. The van der Waals surface area contributed by atoms with Crippen molar-refractivity contribution in [2.75, 3.05) is 6.54 Å². The second-order valence-electron chi connectivity index (χ2n) is 10.5. The van der Waals surface area contributed by atoms with Gasteiger partial charge in [-0.25, -0.2) is 13.8 Å². The van der Waals surface area contributed by atoms with E-state index in [1.165, 1.54) is 43.9 Å². The number of rotatable bonds is 7. The second-order valence-corrected chi connectivity index (χ2v) is 10.5. The Kier molecular flexibility index (Phi) is 6.28. The van der Waals surface area contributed by atoms with Crippen molar-refractivity contribution in [1.29, 1.82) is 0 Å². The van der Waals surface area contributed by atoms with Gasteiger partial charge >= 0.3 is 0 Å². The fourth-order valence-electron chi connectivity index (χ4n) is 5.70. The van der Waals surface area contributed by atoms with Crippen molar-refractivity contribution < 1.29 is 8.78 Å². The third-order valence-corrected chi connectivity index (χ3v) is 7.71. The second kappa shape index (κ2) is 10.2. The molecule has 0 atom stereocenters. The van der Waals surface area contributed by atoms with Crippen molar-refractivity contribution >= 4 is 21.9 Å². The van der Waals surface area contributed by atoms with Gasteiger partial charge in [0.25, 0.3) is 0 Å². The van der Waals surface area contributed by atoms with Gasteiger partial charge in [-0.05, 0) is 72.8 Å². The fraction of sp³-hybridized carbons (Fsp3) is 0.226. The Labute approximate surface area is 229 Å². The van der Waals surface area contributed by atoms with E-state index in [1.807, 2.05) is 18.3 Å². The van der Waals surface area contributed by atoms with Gasteiger partial charge in [0.1, 0.15) is 22.5 Å². The molecular weight excluding hydrogens is 508 g/mol. The zero-order valence-electron chi connectivity index (χ0n) is 21.7. The van der Waals surface area contributed by atoms with Crippen LogP contribution in [0.1, 0.15) is 31.2 Å². The van der Waals surface area contributed by atoms with Crippen LogP contribution in [0.4, 0.5) is 8.78 Å². The van der Waals surface area contributed by atoms with Crippen LogP contribution in [0.2, 0.25) is 0 Å². The molecule has 1 aliphatic rings. The van der Waals surface area contributed by atoms with E-state index < -0.39 is 5.82 Å². The summed E-state index contributed by atoms with van der Waals surface area (Å²) in [5.41, 5.74) is 5.86. The van der Waals surface area contributed by atoms with Gasteiger partial charge in [-0.3, -0.25) is 15.1 Å². The number of fused-ring (bicyclic) bond motifs is 2. The lowest BCUT2D eigenvalue weighted by Gasteiger charge is -2.11. The third kappa shape index (κ3) is 4.62. The van der Waals surface area contributed by atoms with Gasteiger partial charge in [0.15, 0.2) is 11.6 Å². The van der Waals surface area contributed by atoms with Crippen LogP contribution in [0.25, 0.3) is 55.8 Å². The van der Waals surface area contributed by atoms with Crippen molar-refractivity contribution in [2.45, 2.75) is 32.2 Å². The van der Waals surface area contributed by atoms with E-state index in [9.17, 15) is 4.39 Å². The number of benzene rings is 2. The first-order chi connectivity index (χ1) is 19.6. The Bertz CT molecular complexity index is 1840. The largest absolute Gasteiger partial charge is 0.337 e. The molecule has 6 aromatic rings. The molecule has 200 valence electrons. The summed E-state index contributed by atoms with van der Waals surface area (Å²) < 4.78 is 29.2. The predicted molar refractivity (Wildman–Crippen MR) is 151 cm³/mol. The number of halogens is 2. The molecule has 9 heteroatoms. The molecule has 40 heavy (non-hydrogen) atoms. The average molecular weight is 536 g/mol. The number of aromatic amines is 2. The van der Waals surface area contributed by atoms with Crippen molar-refractivity contribution in [3.8, 4) is 33.9 Å². The summed E-state index contributed by atoms with van der Waals surface area (Å²) in [6.45, 7) is 1.73. The van der Waals surface area contributed by atoms with Crippen LogP contribution < -0.4 is 5.32 Å². The summed E-state index contributed by atoms with van der Waals surface area (Å²) in [4.78, 5) is 16.9. The lowest BCUT2D eigenvalue weighted by Crippen LogP contribution is -2.20. The molecule has 0 spiro atoms. The number of H-pyrrole nitrogens is 2. The van der Waals surface area contributed by atoms with Crippen molar-refractivity contribution in [2.24, 2.45) is 5.92 Å². The van der Waals surface area contributed by atoms with E-state index in [1.54, 1.807) is 30.6 Å². The number of imidazole rings is 1. The van der Waals surface area contributed by atoms with Gasteiger partial charge < -0.3 is 10.3 Å². The summed E-state index contributed by atoms with van der Waals surface area (Å²) >= 11 is 0. The number of pyridine rings is 2. The summed E-state index contributed by atoms with van der Waals surface area (Å²) in [5, 5.41) is 11.3. The Morgan fingerprint density at radius 3 is 2.70 bits per heavy atom. The average Bonchev–Trinajstić information content (AvgIpc) is 3.73. The molecule has 1 fully saturated rings. The van der Waals surface area contributed by atoms with Gasteiger partial charge in [-0.2, -0.15) is 5.10 Å². The SMILES string of the molecule is Fc1cccc(-c2nccc3[nH]c(-c4[nH]nc5c(F)cc(-c6cncc(CNCC7CCCC7)c6)cc45)nc23)c1. The first-order valence-corrected chi connectivity index (χ1v) is 13.6. The molecule has 2 aromatic carbocycles. The van der Waals surface area contributed by atoms with E-state index in [4.69, 9.17) is 4.98 Å². The minimum atomic E-state index is -0.432. The molecule has 0 radical (unpaired) electrons. The first kappa shape index (κ1) is 24.5. The molecule has 0 bridgehead atoms. The van der Waals surface area contributed by atoms with E-state index in [2.05, 4.69) is 30.5 Å². The first-order valence-electron chi connectivity index (χ1n) is 13.6. The van der Waals surface area contributed by atoms with Gasteiger partial charge in [-0.1, -0.05) is 25.0 Å². The Morgan fingerprint density at radius 2 is 1.82 bits per heavy atom. The van der Waals surface area contributed by atoms with Crippen molar-refractivity contribution in [3.63, 3.8) is 0 Å². The quantitative estimate of drug-likeness (QED) is 0.209. The van der Waals surface area contributed by atoms with E-state index >= 15 is 4.39 Å². The summed E-state index contributed by atoms with van der Waals surface area (Å²) in [5.74, 6) is 0.463. The van der Waals surface area contributed by atoms with E-state index in [-0.39, 0.29) is 11.3 Å². The zero-order valence-corrected chi connectivity index (χ0v) is 21.7. The number of hydrogen-bond acceptors (Lipinski definition) is 5. The lowest BCUT2D eigenvalue weighted by atomic mass is 10.0. The molecule has 3 N–H and O–H groups in total. The number of nitrogens with zero attached hydrogens (tertiary/aromatic N) is 4. The summed E-state index contributed by atoms with van der Waals surface area (Å²) in [7, 11) is 0. The molecule has 0 amide bonds. The van der Waals surface area contributed by atoms with E-state index in [0.29, 0.717) is 39.2 Å². The van der Waals surface area contributed by atoms with Crippen LogP contribution >= 0.6 is 0 Å². The zero-order chi connectivity index (χ0) is 27.1. The van der Waals surface area contributed by atoms with Crippen LogP contribution in [-0.4, -0.2) is 36.7 Å². The highest BCUT2D eigenvalue weighted by Crippen LogP contribution is 2.34. The molecule has 4 aromatic heterocycles. The Balaban J connectivity index is 1.23. The minimum Gasteiger partial charge on any atom is -0.337 e. The van der Waals surface area contributed by atoms with Crippen molar-refractivity contribution in [3.05, 3.63) is 84.3 Å². The molecule has 1 saturated carbocycles. The Hall–Kier alpha value is -4.50. The maximum absolute atomic E-state index is 15.3. The monoisotopic (exact) mass is 535 g/mol. The van der Waals surface area contributed by atoms with Gasteiger partial charge in [-0.15, -0.1) is 0 Å². The standard InChI is InChI=1S/C31H27F2N7/c32-23-7-3-6-20(11-23)27-30-26(8-9-36-27)37-31(38-30)29-24-12-21(13-25(33)28(24)39-40-29)22-10-19(16-35-17-22)15-34-14-18-4-1-2-5-18/h3,6-13,16-18,34H,1-2,4-5,14-15H2,(H,37,38)(H,39,40). The summed E-state index contributed by atoms with van der Waals surface area (Å²) in [6.07, 6.45) is 10.5. The molecule has 7 rings (SSSR count). The lowest BCUT2D eigenvalue weighted by molar-refractivity contribution is 0.489. The van der Waals surface area contributed by atoms with Crippen LogP contribution in [0.5, 0.6) is 0 Å². The highest BCUT2D eigenvalue weighted by molar-refractivity contribution is 5.97. The van der Waals surface area contributed by atoms with Crippen LogP contribution in [0.15, 0.2) is 67.1 Å². The number of hydrogen-bond donors (Lipinski definition) is 3. The molecule has 0 saturated heterocycles. The molecule has 4 heterocycles. The van der Waals surface area contributed by atoms with E-state index in [0.717, 1.165) is 35.7 Å². The third-order valence-electron chi connectivity index (χ3n) is 7.71. The molecular formula is C31H27F2N7. The number of aromatic nitrogens is 6. The maximum Gasteiger partial charge on any atom is 0.157 e. The van der Waals surface area contributed by atoms with Crippen LogP contribution in [0.3, 0.4) is 0 Å². The molecule has 0 aliphatic heterocycles. The minimum absolute atomic E-state index is 0.227. The molecule has 0 unspecified atom stereocenters. The fourth-order valence-corrected chi connectivity index (χ4v) is 5.70. The Morgan fingerprint density at radius 1 is 0.925 bits per heavy atom. The predicted octanol–water partition coefficient (Wildman–Crippen LogP) is 6.79. The maximum atomic E-state index is 15.3. The van der Waals surface area contributed by atoms with Crippen molar-refractivity contribution in [1.82, 2.24) is 35.5 Å².